The Balaban J connectivity index is 2.98. The summed E-state index contributed by atoms with van der Waals surface area (Å²) in [5.41, 5.74) is 2.41. The highest BCUT2D eigenvalue weighted by Crippen LogP contribution is 2.38. The third-order valence-electron chi connectivity index (χ3n) is 5.25. The first kappa shape index (κ1) is 25.6. The van der Waals surface area contributed by atoms with Crippen LogP contribution in [-0.2, 0) is 5.41 Å². The van der Waals surface area contributed by atoms with Gasteiger partial charge in [-0.2, -0.15) is 0 Å². The van der Waals surface area contributed by atoms with Gasteiger partial charge in [0.2, 0.25) is 0 Å². The van der Waals surface area contributed by atoms with Crippen LogP contribution < -0.4 is 9.47 Å². The molecule has 0 spiro atoms. The van der Waals surface area contributed by atoms with Crippen LogP contribution in [0, 0.1) is 17.3 Å². The second-order valence-corrected chi connectivity index (χ2v) is 11.1. The first-order valence-corrected chi connectivity index (χ1v) is 11.4. The summed E-state index contributed by atoms with van der Waals surface area (Å²) in [7, 11) is 1.75. The average molecular weight is 403 g/mol. The van der Waals surface area contributed by atoms with Crippen LogP contribution >= 0.6 is 0 Å². The molecule has 29 heavy (non-hydrogen) atoms. The predicted octanol–water partition coefficient (Wildman–Crippen LogP) is 8.28. The van der Waals surface area contributed by atoms with Crippen LogP contribution in [0.2, 0.25) is 0 Å². The SMILES string of the molecule is COc1cc(C=CC(C)(C)C)c(OCCC(C)CCCC(C)C)cc1C(C)(C)C. The molecule has 0 bridgehead atoms. The van der Waals surface area contributed by atoms with Crippen molar-refractivity contribution in [3.8, 4) is 11.5 Å². The van der Waals surface area contributed by atoms with Crippen molar-refractivity contribution in [1.29, 1.82) is 0 Å². The molecule has 0 radical (unpaired) electrons. The molecular formula is C27H46O2. The molecule has 0 N–H and O–H groups in total. The Hall–Kier alpha value is -1.44. The van der Waals surface area contributed by atoms with E-state index in [0.717, 1.165) is 36.0 Å². The molecule has 166 valence electrons. The molecule has 0 heterocycles. The summed E-state index contributed by atoms with van der Waals surface area (Å²) < 4.78 is 12.0. The lowest BCUT2D eigenvalue weighted by Gasteiger charge is -2.24. The number of allylic oxidation sites excluding steroid dienone is 1. The Kier molecular flexibility index (Phi) is 9.79. The maximum atomic E-state index is 6.33. The molecule has 0 aliphatic rings. The molecule has 2 nitrogen and oxygen atoms in total. The zero-order valence-corrected chi connectivity index (χ0v) is 20.8. The fraction of sp³-hybridized carbons (Fsp3) is 0.704. The summed E-state index contributed by atoms with van der Waals surface area (Å²) in [5.74, 6) is 3.39. The molecule has 0 amide bonds. The second-order valence-electron chi connectivity index (χ2n) is 11.1. The maximum absolute atomic E-state index is 6.33. The second kappa shape index (κ2) is 11.1. The van der Waals surface area contributed by atoms with Crippen molar-refractivity contribution in [2.24, 2.45) is 17.3 Å². The molecule has 0 saturated carbocycles. The van der Waals surface area contributed by atoms with Crippen molar-refractivity contribution in [3.63, 3.8) is 0 Å². The fourth-order valence-corrected chi connectivity index (χ4v) is 3.31. The zero-order valence-electron chi connectivity index (χ0n) is 20.8. The Bertz CT molecular complexity index is 642. The van der Waals surface area contributed by atoms with Crippen molar-refractivity contribution >= 4 is 6.08 Å². The first-order valence-electron chi connectivity index (χ1n) is 11.4. The van der Waals surface area contributed by atoms with Gasteiger partial charge in [0.1, 0.15) is 11.5 Å². The van der Waals surface area contributed by atoms with Gasteiger partial charge in [0, 0.05) is 11.1 Å². The van der Waals surface area contributed by atoms with E-state index in [1.54, 1.807) is 7.11 Å². The van der Waals surface area contributed by atoms with Gasteiger partial charge in [-0.3, -0.25) is 0 Å². The monoisotopic (exact) mass is 402 g/mol. The first-order chi connectivity index (χ1) is 13.3. The average Bonchev–Trinajstić information content (AvgIpc) is 2.58. The van der Waals surface area contributed by atoms with E-state index in [1.807, 2.05) is 0 Å². The lowest BCUT2D eigenvalue weighted by molar-refractivity contribution is 0.274. The fourth-order valence-electron chi connectivity index (χ4n) is 3.31. The summed E-state index contributed by atoms with van der Waals surface area (Å²) in [4.78, 5) is 0. The highest BCUT2D eigenvalue weighted by atomic mass is 16.5. The molecular weight excluding hydrogens is 356 g/mol. The topological polar surface area (TPSA) is 18.5 Å². The van der Waals surface area contributed by atoms with E-state index in [4.69, 9.17) is 9.47 Å². The van der Waals surface area contributed by atoms with Gasteiger partial charge in [-0.05, 0) is 41.2 Å². The number of ether oxygens (including phenoxy) is 2. The Morgan fingerprint density at radius 2 is 1.55 bits per heavy atom. The van der Waals surface area contributed by atoms with Crippen molar-refractivity contribution in [2.45, 2.75) is 93.4 Å². The largest absolute Gasteiger partial charge is 0.496 e. The van der Waals surface area contributed by atoms with Crippen LogP contribution in [0.5, 0.6) is 11.5 Å². The van der Waals surface area contributed by atoms with Crippen LogP contribution in [0.4, 0.5) is 0 Å². The van der Waals surface area contributed by atoms with Gasteiger partial charge in [0.15, 0.2) is 0 Å². The summed E-state index contributed by atoms with van der Waals surface area (Å²) >= 11 is 0. The molecule has 1 aromatic carbocycles. The van der Waals surface area contributed by atoms with Crippen molar-refractivity contribution < 1.29 is 9.47 Å². The standard InChI is InChI=1S/C27H46O2/c1-20(2)12-11-13-21(3)15-17-29-24-19-23(27(7,8)9)25(28-10)18-22(24)14-16-26(4,5)6/h14,16,18-21H,11-13,15,17H2,1-10H3. The van der Waals surface area contributed by atoms with Crippen LogP contribution in [0.15, 0.2) is 18.2 Å². The normalized spacial score (nSPS) is 13.9. The number of hydrogen-bond acceptors (Lipinski definition) is 2. The number of hydrogen-bond donors (Lipinski definition) is 0. The number of rotatable bonds is 10. The van der Waals surface area contributed by atoms with E-state index in [1.165, 1.54) is 24.8 Å². The van der Waals surface area contributed by atoms with Crippen molar-refractivity contribution in [3.05, 3.63) is 29.3 Å². The van der Waals surface area contributed by atoms with E-state index in [9.17, 15) is 0 Å². The summed E-state index contributed by atoms with van der Waals surface area (Å²) in [6, 6.07) is 4.31. The smallest absolute Gasteiger partial charge is 0.127 e. The third kappa shape index (κ3) is 9.74. The van der Waals surface area contributed by atoms with Crippen LogP contribution in [0.3, 0.4) is 0 Å². The van der Waals surface area contributed by atoms with Gasteiger partial charge in [0.25, 0.3) is 0 Å². The van der Waals surface area contributed by atoms with E-state index in [0.29, 0.717) is 5.92 Å². The summed E-state index contributed by atoms with van der Waals surface area (Å²) in [5, 5.41) is 0. The minimum Gasteiger partial charge on any atom is -0.496 e. The van der Waals surface area contributed by atoms with Gasteiger partial charge in [0.05, 0.1) is 13.7 Å². The number of benzene rings is 1. The molecule has 0 fully saturated rings. The van der Waals surface area contributed by atoms with Crippen LogP contribution in [0.25, 0.3) is 6.08 Å². The predicted molar refractivity (Wildman–Crippen MR) is 128 cm³/mol. The Morgan fingerprint density at radius 3 is 2.07 bits per heavy atom. The summed E-state index contributed by atoms with van der Waals surface area (Å²) in [6.45, 7) is 21.0. The van der Waals surface area contributed by atoms with Crippen LogP contribution in [-0.4, -0.2) is 13.7 Å². The van der Waals surface area contributed by atoms with E-state index in [2.05, 4.69) is 86.6 Å². The van der Waals surface area contributed by atoms with E-state index >= 15 is 0 Å². The molecule has 1 unspecified atom stereocenters. The quantitative estimate of drug-likeness (QED) is 0.392. The lowest BCUT2D eigenvalue weighted by Crippen LogP contribution is -2.14. The molecule has 1 atom stereocenters. The Labute approximate surface area is 181 Å². The van der Waals surface area contributed by atoms with Gasteiger partial charge < -0.3 is 9.47 Å². The van der Waals surface area contributed by atoms with Gasteiger partial charge >= 0.3 is 0 Å². The van der Waals surface area contributed by atoms with E-state index in [-0.39, 0.29) is 10.8 Å². The molecule has 0 saturated heterocycles. The summed E-state index contributed by atoms with van der Waals surface area (Å²) in [6.07, 6.45) is 9.43. The lowest BCUT2D eigenvalue weighted by atomic mass is 9.85. The maximum Gasteiger partial charge on any atom is 0.127 e. The van der Waals surface area contributed by atoms with E-state index < -0.39 is 0 Å². The van der Waals surface area contributed by atoms with Crippen molar-refractivity contribution in [1.82, 2.24) is 0 Å². The zero-order chi connectivity index (χ0) is 22.2. The van der Waals surface area contributed by atoms with Gasteiger partial charge in [-0.25, -0.2) is 0 Å². The molecule has 2 heteroatoms. The van der Waals surface area contributed by atoms with Crippen LogP contribution in [0.1, 0.15) is 99.1 Å². The molecule has 0 aromatic heterocycles. The minimum atomic E-state index is -0.000137. The van der Waals surface area contributed by atoms with Gasteiger partial charge in [-0.15, -0.1) is 0 Å². The highest BCUT2D eigenvalue weighted by Gasteiger charge is 2.22. The third-order valence-corrected chi connectivity index (χ3v) is 5.25. The molecule has 1 rings (SSSR count). The number of methoxy groups -OCH3 is 1. The molecule has 0 aliphatic heterocycles. The van der Waals surface area contributed by atoms with Gasteiger partial charge in [-0.1, -0.05) is 93.7 Å². The Morgan fingerprint density at radius 1 is 0.897 bits per heavy atom. The molecule has 1 aromatic rings. The molecule has 0 aliphatic carbocycles. The minimum absolute atomic E-state index is 0.000137. The van der Waals surface area contributed by atoms with Crippen molar-refractivity contribution in [2.75, 3.05) is 13.7 Å². The highest BCUT2D eigenvalue weighted by molar-refractivity contribution is 5.63.